The Hall–Kier alpha value is -3.27. The first-order valence-corrected chi connectivity index (χ1v) is 33.6. The van der Waals surface area contributed by atoms with Crippen LogP contribution in [0.25, 0.3) is 0 Å². The lowest BCUT2D eigenvalue weighted by atomic mass is 10.0. The summed E-state index contributed by atoms with van der Waals surface area (Å²) in [5.41, 5.74) is 0. The van der Waals surface area contributed by atoms with E-state index < -0.39 is 24.3 Å². The highest BCUT2D eigenvalue weighted by molar-refractivity contribution is 5.70. The van der Waals surface area contributed by atoms with Gasteiger partial charge in [0.2, 0.25) is 0 Å². The number of carbonyl (C=O) groups excluding carboxylic acids is 3. The standard InChI is InChI=1S/C71H127NO8/c1-6-8-10-12-14-16-18-20-22-24-26-27-28-29-30-31-32-33-34-35-36-37-38-39-40-41-42-43-44-46-48-50-52-54-56-58-60-62-69(74)80-67(66-79-71(70(75)76)77-64-63-72(3,4)5)65-78-68(73)61-59-57-55-53-51-49-47-45-25-23-21-19-17-15-13-11-9-7-2/h8,10,14,16,20,22,26-27,29-30,32-33,67,71H,6-7,9,11-13,15,17-19,21,23-25,28,31,34-66H2,1-5H3/b10-8-,16-14-,22-20-,27-26-,30-29-,33-32-. The lowest BCUT2D eigenvalue weighted by molar-refractivity contribution is -0.870. The van der Waals surface area contributed by atoms with E-state index in [4.69, 9.17) is 18.9 Å². The molecule has 9 heteroatoms. The summed E-state index contributed by atoms with van der Waals surface area (Å²) in [6, 6.07) is 0. The van der Waals surface area contributed by atoms with Crippen molar-refractivity contribution in [1.29, 1.82) is 0 Å². The summed E-state index contributed by atoms with van der Waals surface area (Å²) in [6.07, 6.45) is 78.3. The summed E-state index contributed by atoms with van der Waals surface area (Å²) in [5, 5.41) is 11.8. The van der Waals surface area contributed by atoms with Crippen molar-refractivity contribution in [3.63, 3.8) is 0 Å². The minimum atomic E-state index is -1.62. The van der Waals surface area contributed by atoms with Gasteiger partial charge in [0, 0.05) is 12.8 Å². The van der Waals surface area contributed by atoms with Gasteiger partial charge in [-0.2, -0.15) is 0 Å². The van der Waals surface area contributed by atoms with E-state index in [2.05, 4.69) is 86.8 Å². The molecular weight excluding hydrogens is 995 g/mol. The molecule has 0 aliphatic carbocycles. The molecule has 2 unspecified atom stereocenters. The summed E-state index contributed by atoms with van der Waals surface area (Å²) >= 11 is 0. The minimum Gasteiger partial charge on any atom is -0.545 e. The van der Waals surface area contributed by atoms with Crippen molar-refractivity contribution in [2.75, 3.05) is 47.5 Å². The molecule has 0 N–H and O–H groups in total. The zero-order chi connectivity index (χ0) is 58.3. The molecule has 0 amide bonds. The van der Waals surface area contributed by atoms with Gasteiger partial charge < -0.3 is 33.3 Å². The Bertz CT molecular complexity index is 1540. The van der Waals surface area contributed by atoms with Crippen LogP contribution in [0.2, 0.25) is 0 Å². The predicted molar refractivity (Wildman–Crippen MR) is 338 cm³/mol. The second kappa shape index (κ2) is 61.8. The van der Waals surface area contributed by atoms with Crippen molar-refractivity contribution in [2.45, 2.75) is 315 Å². The van der Waals surface area contributed by atoms with Crippen molar-refractivity contribution < 1.29 is 42.9 Å². The number of hydrogen-bond acceptors (Lipinski definition) is 8. The van der Waals surface area contributed by atoms with Gasteiger partial charge >= 0.3 is 11.9 Å². The predicted octanol–water partition coefficient (Wildman–Crippen LogP) is 19.2. The number of carboxylic acids is 1. The van der Waals surface area contributed by atoms with E-state index in [1.54, 1.807) is 0 Å². The molecule has 0 aromatic rings. The van der Waals surface area contributed by atoms with Crippen LogP contribution in [0.15, 0.2) is 72.9 Å². The second-order valence-electron chi connectivity index (χ2n) is 23.7. The Morgan fingerprint density at radius 1 is 0.388 bits per heavy atom. The molecule has 0 rings (SSSR count). The van der Waals surface area contributed by atoms with Gasteiger partial charge in [-0.25, -0.2) is 0 Å². The maximum Gasteiger partial charge on any atom is 0.306 e. The summed E-state index contributed by atoms with van der Waals surface area (Å²) in [6.45, 7) is 4.68. The fraction of sp³-hybridized carbons (Fsp3) is 0.789. The zero-order valence-electron chi connectivity index (χ0n) is 52.9. The molecule has 0 bridgehead atoms. The largest absolute Gasteiger partial charge is 0.545 e. The van der Waals surface area contributed by atoms with Crippen LogP contribution in [-0.2, 0) is 33.3 Å². The van der Waals surface area contributed by atoms with Gasteiger partial charge in [-0.15, -0.1) is 0 Å². The average molecular weight is 1120 g/mol. The van der Waals surface area contributed by atoms with Gasteiger partial charge in [0.05, 0.1) is 40.3 Å². The Balaban J connectivity index is 4.05. The minimum absolute atomic E-state index is 0.149. The van der Waals surface area contributed by atoms with E-state index in [0.717, 1.165) is 70.6 Å². The number of aliphatic carboxylic acids is 1. The van der Waals surface area contributed by atoms with Gasteiger partial charge in [0.1, 0.15) is 13.2 Å². The van der Waals surface area contributed by atoms with Crippen LogP contribution < -0.4 is 5.11 Å². The third kappa shape index (κ3) is 62.3. The van der Waals surface area contributed by atoms with Crippen molar-refractivity contribution in [1.82, 2.24) is 0 Å². The maximum absolute atomic E-state index is 12.9. The van der Waals surface area contributed by atoms with Crippen LogP contribution in [0.5, 0.6) is 0 Å². The Morgan fingerprint density at radius 2 is 0.713 bits per heavy atom. The summed E-state index contributed by atoms with van der Waals surface area (Å²) < 4.78 is 22.8. The van der Waals surface area contributed by atoms with Crippen LogP contribution >= 0.6 is 0 Å². The molecule has 9 nitrogen and oxygen atoms in total. The van der Waals surface area contributed by atoms with Crippen LogP contribution in [-0.4, -0.2) is 82.3 Å². The second-order valence-corrected chi connectivity index (χ2v) is 23.7. The van der Waals surface area contributed by atoms with Crippen LogP contribution in [0, 0.1) is 0 Å². The maximum atomic E-state index is 12.9. The van der Waals surface area contributed by atoms with Gasteiger partial charge in [-0.3, -0.25) is 9.59 Å². The van der Waals surface area contributed by atoms with E-state index in [9.17, 15) is 19.5 Å². The first-order valence-electron chi connectivity index (χ1n) is 33.6. The first kappa shape index (κ1) is 76.7. The van der Waals surface area contributed by atoms with Crippen LogP contribution in [0.4, 0.5) is 0 Å². The molecule has 0 spiro atoms. The molecule has 464 valence electrons. The molecule has 0 fully saturated rings. The van der Waals surface area contributed by atoms with E-state index in [0.29, 0.717) is 23.9 Å². The topological polar surface area (TPSA) is 111 Å². The number of likely N-dealkylation sites (N-methyl/N-ethyl adjacent to an activating group) is 1. The number of hydrogen-bond donors (Lipinski definition) is 0. The lowest BCUT2D eigenvalue weighted by Crippen LogP contribution is -2.44. The lowest BCUT2D eigenvalue weighted by Gasteiger charge is -2.26. The molecule has 0 saturated heterocycles. The number of allylic oxidation sites excluding steroid dienone is 12. The number of nitrogens with zero attached hydrogens (tertiary/aromatic N) is 1. The normalized spacial score (nSPS) is 13.2. The Morgan fingerprint density at radius 3 is 1.06 bits per heavy atom. The number of rotatable bonds is 62. The number of ether oxygens (including phenoxy) is 4. The Labute approximate surface area is 494 Å². The molecule has 0 aromatic carbocycles. The third-order valence-corrected chi connectivity index (χ3v) is 14.7. The average Bonchev–Trinajstić information content (AvgIpc) is 3.43. The van der Waals surface area contributed by atoms with Crippen molar-refractivity contribution >= 4 is 17.9 Å². The highest BCUT2D eigenvalue weighted by Gasteiger charge is 2.22. The van der Waals surface area contributed by atoms with E-state index >= 15 is 0 Å². The van der Waals surface area contributed by atoms with Gasteiger partial charge in [0.25, 0.3) is 0 Å². The summed E-state index contributed by atoms with van der Waals surface area (Å²) in [5.74, 6) is -2.26. The van der Waals surface area contributed by atoms with E-state index in [1.165, 1.54) is 199 Å². The van der Waals surface area contributed by atoms with Gasteiger partial charge in [-0.05, 0) is 64.2 Å². The van der Waals surface area contributed by atoms with E-state index in [1.807, 2.05) is 21.1 Å². The van der Waals surface area contributed by atoms with Gasteiger partial charge in [0.15, 0.2) is 12.4 Å². The summed E-state index contributed by atoms with van der Waals surface area (Å²) in [4.78, 5) is 37.4. The number of carboxylic acid groups (broad SMARTS) is 1. The molecule has 0 aliphatic heterocycles. The molecule has 80 heavy (non-hydrogen) atoms. The third-order valence-electron chi connectivity index (χ3n) is 14.7. The number of quaternary nitrogens is 1. The first-order chi connectivity index (χ1) is 39.1. The zero-order valence-corrected chi connectivity index (χ0v) is 52.9. The number of carbonyl (C=O) groups is 3. The molecule has 0 aromatic heterocycles. The summed E-state index contributed by atoms with van der Waals surface area (Å²) in [7, 11) is 5.93. The fourth-order valence-electron chi connectivity index (χ4n) is 9.60. The monoisotopic (exact) mass is 1120 g/mol. The number of unbranched alkanes of at least 4 members (excludes halogenated alkanes) is 35. The van der Waals surface area contributed by atoms with Crippen molar-refractivity contribution in [3.05, 3.63) is 72.9 Å². The van der Waals surface area contributed by atoms with Crippen molar-refractivity contribution in [3.8, 4) is 0 Å². The highest BCUT2D eigenvalue weighted by atomic mass is 16.7. The molecule has 0 aliphatic rings. The molecule has 0 radical (unpaired) electrons. The SMILES string of the molecule is CC/C=C\C/C=C\C/C=C\C/C=C\C/C=C\C/C=C\CCCCCCCCCCCCCCCCCCCCC(=O)OC(COC(=O)CCCCCCCCCCCCCCCCCCCC)COC(OCC[N+](C)(C)C)C(=O)[O-]. The van der Waals surface area contributed by atoms with Crippen molar-refractivity contribution in [2.24, 2.45) is 0 Å². The smallest absolute Gasteiger partial charge is 0.306 e. The molecule has 2 atom stereocenters. The van der Waals surface area contributed by atoms with Crippen LogP contribution in [0.1, 0.15) is 303 Å². The molecule has 0 heterocycles. The van der Waals surface area contributed by atoms with Crippen LogP contribution in [0.3, 0.4) is 0 Å². The highest BCUT2D eigenvalue weighted by Crippen LogP contribution is 2.18. The van der Waals surface area contributed by atoms with E-state index in [-0.39, 0.29) is 32.2 Å². The molecule has 0 saturated carbocycles. The Kier molecular flexibility index (Phi) is 59.3. The fourth-order valence-corrected chi connectivity index (χ4v) is 9.60. The molecular formula is C71H127NO8. The quantitative estimate of drug-likeness (QED) is 0.0195. The number of esters is 2. The van der Waals surface area contributed by atoms with Gasteiger partial charge in [-0.1, -0.05) is 299 Å².